The van der Waals surface area contributed by atoms with Crippen molar-refractivity contribution in [1.29, 1.82) is 0 Å². The molecule has 0 radical (unpaired) electrons. The van der Waals surface area contributed by atoms with E-state index in [0.29, 0.717) is 12.1 Å². The van der Waals surface area contributed by atoms with Crippen molar-refractivity contribution < 1.29 is 19.4 Å². The van der Waals surface area contributed by atoms with Crippen LogP contribution in [0, 0.1) is 0 Å². The summed E-state index contributed by atoms with van der Waals surface area (Å²) in [7, 11) is 1.40. The maximum Gasteiger partial charge on any atom is 0.411 e. The molecule has 0 aliphatic carbocycles. The number of hydrogen-bond donors (Lipinski definition) is 1. The molecule has 0 saturated carbocycles. The van der Waals surface area contributed by atoms with Gasteiger partial charge in [-0.3, -0.25) is 9.58 Å². The Morgan fingerprint density at radius 1 is 1.50 bits per heavy atom. The van der Waals surface area contributed by atoms with Gasteiger partial charge in [0.25, 0.3) is 0 Å². The molecular formula is C13H21N3O4. The van der Waals surface area contributed by atoms with E-state index in [0.717, 1.165) is 4.90 Å². The van der Waals surface area contributed by atoms with Crippen LogP contribution < -0.4 is 0 Å². The van der Waals surface area contributed by atoms with Gasteiger partial charge < -0.3 is 9.84 Å². The first-order valence-electron chi connectivity index (χ1n) is 6.36. The number of likely N-dealkylation sites (N-methyl/N-ethyl adjacent to an activating group) is 1. The highest BCUT2D eigenvalue weighted by molar-refractivity contribution is 5.81. The zero-order valence-corrected chi connectivity index (χ0v) is 12.5. The monoisotopic (exact) mass is 283 g/mol. The van der Waals surface area contributed by atoms with Crippen LogP contribution in [0.15, 0.2) is 12.4 Å². The fourth-order valence-electron chi connectivity index (χ4n) is 1.66. The van der Waals surface area contributed by atoms with E-state index in [-0.39, 0.29) is 0 Å². The number of aliphatic carboxylic acids is 1. The summed E-state index contributed by atoms with van der Waals surface area (Å²) in [5.41, 5.74) is -0.241. The Labute approximate surface area is 118 Å². The lowest BCUT2D eigenvalue weighted by Crippen LogP contribution is -2.39. The first-order chi connectivity index (χ1) is 9.15. The summed E-state index contributed by atoms with van der Waals surface area (Å²) in [5.74, 6) is -1.13. The summed E-state index contributed by atoms with van der Waals surface area (Å²) in [6.07, 6.45) is 2.37. The molecule has 1 atom stereocenters. The number of carboxylic acid groups (broad SMARTS) is 1. The van der Waals surface area contributed by atoms with Crippen molar-refractivity contribution in [2.24, 2.45) is 0 Å². The molecule has 1 heterocycles. The van der Waals surface area contributed by atoms with Crippen LogP contribution in [-0.2, 0) is 16.1 Å². The van der Waals surface area contributed by atoms with Gasteiger partial charge in [0.2, 0.25) is 0 Å². The highest BCUT2D eigenvalue weighted by atomic mass is 16.6. The van der Waals surface area contributed by atoms with Gasteiger partial charge in [-0.15, -0.1) is 0 Å². The van der Waals surface area contributed by atoms with Crippen LogP contribution in [-0.4, -0.2) is 44.5 Å². The minimum atomic E-state index is -1.13. The average Bonchev–Trinajstić information content (AvgIpc) is 2.74. The summed E-state index contributed by atoms with van der Waals surface area (Å²) < 4.78 is 6.79. The maximum absolute atomic E-state index is 12.0. The SMILES string of the molecule is CCn1cc(C(C(=O)O)N(C)C(=O)OC(C)(C)C)cn1. The maximum atomic E-state index is 12.0. The van der Waals surface area contributed by atoms with Crippen molar-refractivity contribution in [2.75, 3.05) is 7.05 Å². The van der Waals surface area contributed by atoms with Gasteiger partial charge in [-0.25, -0.2) is 9.59 Å². The van der Waals surface area contributed by atoms with Gasteiger partial charge in [0.15, 0.2) is 6.04 Å². The van der Waals surface area contributed by atoms with Gasteiger partial charge in [0, 0.05) is 25.4 Å². The van der Waals surface area contributed by atoms with Crippen LogP contribution in [0.3, 0.4) is 0 Å². The molecule has 0 fully saturated rings. The zero-order valence-electron chi connectivity index (χ0n) is 12.5. The molecule has 0 aliphatic heterocycles. The molecule has 1 amide bonds. The van der Waals surface area contributed by atoms with Crippen LogP contribution in [0.4, 0.5) is 4.79 Å². The predicted molar refractivity (Wildman–Crippen MR) is 72.3 cm³/mol. The van der Waals surface area contributed by atoms with E-state index >= 15 is 0 Å². The summed E-state index contributed by atoms with van der Waals surface area (Å²) in [4.78, 5) is 24.5. The van der Waals surface area contributed by atoms with Crippen LogP contribution in [0.2, 0.25) is 0 Å². The average molecular weight is 283 g/mol. The molecular weight excluding hydrogens is 262 g/mol. The minimum Gasteiger partial charge on any atom is -0.479 e. The third kappa shape index (κ3) is 3.97. The third-order valence-electron chi connectivity index (χ3n) is 2.60. The van der Waals surface area contributed by atoms with Crippen molar-refractivity contribution >= 4 is 12.1 Å². The zero-order chi connectivity index (χ0) is 15.5. The lowest BCUT2D eigenvalue weighted by Gasteiger charge is -2.28. The van der Waals surface area contributed by atoms with Gasteiger partial charge in [0.1, 0.15) is 5.60 Å². The van der Waals surface area contributed by atoms with Crippen molar-refractivity contribution in [3.8, 4) is 0 Å². The number of aryl methyl sites for hydroxylation is 1. The fourth-order valence-corrected chi connectivity index (χ4v) is 1.66. The van der Waals surface area contributed by atoms with Crippen LogP contribution >= 0.6 is 0 Å². The van der Waals surface area contributed by atoms with Crippen molar-refractivity contribution in [2.45, 2.75) is 45.9 Å². The lowest BCUT2D eigenvalue weighted by molar-refractivity contribution is -0.142. The standard InChI is InChI=1S/C13H21N3O4/c1-6-16-8-9(7-14-16)10(11(17)18)15(5)12(19)20-13(2,3)4/h7-8,10H,6H2,1-5H3,(H,17,18). The second-order valence-electron chi connectivity index (χ2n) is 5.46. The predicted octanol–water partition coefficient (Wildman–Crippen LogP) is 1.90. The van der Waals surface area contributed by atoms with E-state index < -0.39 is 23.7 Å². The van der Waals surface area contributed by atoms with Crippen molar-refractivity contribution in [3.63, 3.8) is 0 Å². The number of carboxylic acids is 1. The number of nitrogens with zero attached hydrogens (tertiary/aromatic N) is 3. The van der Waals surface area contributed by atoms with Gasteiger partial charge >= 0.3 is 12.1 Å². The number of aromatic nitrogens is 2. The number of ether oxygens (including phenoxy) is 1. The Hall–Kier alpha value is -2.05. The van der Waals surface area contributed by atoms with Gasteiger partial charge in [-0.2, -0.15) is 5.10 Å². The Morgan fingerprint density at radius 3 is 2.50 bits per heavy atom. The molecule has 1 unspecified atom stereocenters. The smallest absolute Gasteiger partial charge is 0.411 e. The summed E-state index contributed by atoms with van der Waals surface area (Å²) in [6, 6.07) is -1.12. The molecule has 20 heavy (non-hydrogen) atoms. The number of carbonyl (C=O) groups excluding carboxylic acids is 1. The number of rotatable bonds is 4. The number of hydrogen-bond acceptors (Lipinski definition) is 4. The summed E-state index contributed by atoms with van der Waals surface area (Å²) in [6.45, 7) is 7.70. The molecule has 1 rings (SSSR count). The van der Waals surface area contributed by atoms with E-state index in [2.05, 4.69) is 5.10 Å². The van der Waals surface area contributed by atoms with Crippen LogP contribution in [0.1, 0.15) is 39.3 Å². The fraction of sp³-hybridized carbons (Fsp3) is 0.615. The molecule has 1 aromatic rings. The molecule has 0 aliphatic rings. The summed E-state index contributed by atoms with van der Waals surface area (Å²) in [5, 5.41) is 13.4. The van der Waals surface area contributed by atoms with Gasteiger partial charge in [-0.1, -0.05) is 0 Å². The number of amides is 1. The molecule has 0 bridgehead atoms. The molecule has 1 N–H and O–H groups in total. The second-order valence-corrected chi connectivity index (χ2v) is 5.46. The number of carbonyl (C=O) groups is 2. The van der Waals surface area contributed by atoms with Gasteiger partial charge in [0.05, 0.1) is 6.20 Å². The molecule has 0 aromatic carbocycles. The molecule has 0 spiro atoms. The highest BCUT2D eigenvalue weighted by Gasteiger charge is 2.32. The third-order valence-corrected chi connectivity index (χ3v) is 2.60. The van der Waals surface area contributed by atoms with Crippen LogP contribution in [0.25, 0.3) is 0 Å². The molecule has 1 aromatic heterocycles. The van der Waals surface area contributed by atoms with Crippen LogP contribution in [0.5, 0.6) is 0 Å². The largest absolute Gasteiger partial charge is 0.479 e. The van der Waals surface area contributed by atoms with E-state index in [1.807, 2.05) is 6.92 Å². The quantitative estimate of drug-likeness (QED) is 0.912. The molecule has 7 nitrogen and oxygen atoms in total. The van der Waals surface area contributed by atoms with Crippen molar-refractivity contribution in [1.82, 2.24) is 14.7 Å². The molecule has 112 valence electrons. The minimum absolute atomic E-state index is 0.438. The van der Waals surface area contributed by atoms with E-state index in [1.165, 1.54) is 13.2 Å². The Balaban J connectivity index is 2.96. The van der Waals surface area contributed by atoms with Crippen molar-refractivity contribution in [3.05, 3.63) is 18.0 Å². The topological polar surface area (TPSA) is 84.7 Å². The first-order valence-corrected chi connectivity index (χ1v) is 6.36. The second kappa shape index (κ2) is 5.94. The Kier molecular flexibility index (Phi) is 4.75. The van der Waals surface area contributed by atoms with E-state index in [9.17, 15) is 14.7 Å². The Morgan fingerprint density at radius 2 is 2.10 bits per heavy atom. The first kappa shape index (κ1) is 16.0. The van der Waals surface area contributed by atoms with E-state index in [4.69, 9.17) is 4.74 Å². The normalized spacial score (nSPS) is 12.8. The Bertz CT molecular complexity index is 490. The highest BCUT2D eigenvalue weighted by Crippen LogP contribution is 2.21. The van der Waals surface area contributed by atoms with Gasteiger partial charge in [-0.05, 0) is 27.7 Å². The lowest BCUT2D eigenvalue weighted by atomic mass is 10.1. The molecule has 0 saturated heterocycles. The molecule has 7 heteroatoms. The summed E-state index contributed by atoms with van der Waals surface area (Å²) >= 11 is 0. The van der Waals surface area contributed by atoms with E-state index in [1.54, 1.807) is 31.6 Å².